The molecule has 1 N–H and O–H groups in total. The van der Waals surface area contributed by atoms with E-state index in [1.165, 1.54) is 23.4 Å². The van der Waals surface area contributed by atoms with E-state index in [-0.39, 0.29) is 5.82 Å². The maximum atomic E-state index is 13.5. The fourth-order valence-corrected chi connectivity index (χ4v) is 4.10. The number of ether oxygens (including phenoxy) is 1. The van der Waals surface area contributed by atoms with Gasteiger partial charge in [0.2, 0.25) is 5.95 Å². The van der Waals surface area contributed by atoms with Crippen molar-refractivity contribution < 1.29 is 9.13 Å². The van der Waals surface area contributed by atoms with Crippen molar-refractivity contribution in [3.8, 4) is 5.69 Å². The minimum absolute atomic E-state index is 0.298. The van der Waals surface area contributed by atoms with Gasteiger partial charge in [0.1, 0.15) is 12.1 Å². The third-order valence-electron chi connectivity index (χ3n) is 6.02. The summed E-state index contributed by atoms with van der Waals surface area (Å²) >= 11 is 0. The molecule has 2 saturated heterocycles. The van der Waals surface area contributed by atoms with E-state index >= 15 is 0 Å². The number of rotatable bonds is 6. The largest absolute Gasteiger partial charge is 0.378 e. The molecule has 3 aromatic rings. The molecule has 0 aliphatic carbocycles. The predicted molar refractivity (Wildman–Crippen MR) is 119 cm³/mol. The van der Waals surface area contributed by atoms with Gasteiger partial charge in [-0.25, -0.2) is 9.07 Å². The lowest BCUT2D eigenvalue weighted by molar-refractivity contribution is -0.0660. The van der Waals surface area contributed by atoms with E-state index in [0.29, 0.717) is 17.7 Å². The van der Waals surface area contributed by atoms with Gasteiger partial charge >= 0.3 is 0 Å². The normalized spacial score (nSPS) is 17.5. The van der Waals surface area contributed by atoms with Gasteiger partial charge in [-0.1, -0.05) is 13.0 Å². The second-order valence-electron chi connectivity index (χ2n) is 8.07. The Kier molecular flexibility index (Phi) is 5.57. The molecule has 0 amide bonds. The summed E-state index contributed by atoms with van der Waals surface area (Å²) in [5.74, 6) is 0.186. The molecule has 0 radical (unpaired) electrons. The minimum Gasteiger partial charge on any atom is -0.378 e. The lowest BCUT2D eigenvalue weighted by Crippen LogP contribution is -2.56. The summed E-state index contributed by atoms with van der Waals surface area (Å²) in [5, 5.41) is 7.77. The second kappa shape index (κ2) is 8.64. The van der Waals surface area contributed by atoms with Crippen LogP contribution in [-0.4, -0.2) is 65.1 Å². The Morgan fingerprint density at radius 1 is 1.06 bits per heavy atom. The van der Waals surface area contributed by atoms with Crippen molar-refractivity contribution in [3.63, 3.8) is 0 Å². The molecule has 1 aromatic heterocycles. The molecule has 0 bridgehead atoms. The van der Waals surface area contributed by atoms with E-state index in [9.17, 15) is 4.39 Å². The lowest BCUT2D eigenvalue weighted by atomic mass is 10.1. The van der Waals surface area contributed by atoms with E-state index in [0.717, 1.165) is 51.5 Å². The maximum Gasteiger partial charge on any atom is 0.246 e. The Morgan fingerprint density at radius 2 is 1.90 bits per heavy atom. The van der Waals surface area contributed by atoms with Crippen molar-refractivity contribution in [2.45, 2.75) is 19.4 Å². The predicted octanol–water partition coefficient (Wildman–Crippen LogP) is 3.23. The van der Waals surface area contributed by atoms with Crippen LogP contribution < -0.4 is 10.2 Å². The van der Waals surface area contributed by atoms with Gasteiger partial charge in [-0.05, 0) is 48.4 Å². The molecule has 0 saturated carbocycles. The van der Waals surface area contributed by atoms with Crippen LogP contribution in [-0.2, 0) is 11.2 Å². The highest BCUT2D eigenvalue weighted by Gasteiger charge is 2.29. The van der Waals surface area contributed by atoms with E-state index in [1.54, 1.807) is 23.1 Å². The first kappa shape index (κ1) is 20.0. The summed E-state index contributed by atoms with van der Waals surface area (Å²) in [7, 11) is 0. The Balaban J connectivity index is 1.31. The van der Waals surface area contributed by atoms with Crippen LogP contribution in [0.1, 0.15) is 12.5 Å². The van der Waals surface area contributed by atoms with Crippen LogP contribution in [0.5, 0.6) is 0 Å². The van der Waals surface area contributed by atoms with Gasteiger partial charge < -0.3 is 15.0 Å². The quantitative estimate of drug-likeness (QED) is 0.658. The number of nitrogens with zero attached hydrogens (tertiary/aromatic N) is 5. The molecular formula is C23H27FN6O. The molecule has 0 unspecified atom stereocenters. The first-order valence-corrected chi connectivity index (χ1v) is 10.8. The fourth-order valence-electron chi connectivity index (χ4n) is 4.10. The molecule has 8 heteroatoms. The molecule has 0 spiro atoms. The zero-order valence-electron chi connectivity index (χ0n) is 17.7. The summed E-state index contributed by atoms with van der Waals surface area (Å²) in [4.78, 5) is 9.32. The zero-order valence-corrected chi connectivity index (χ0v) is 17.7. The maximum absolute atomic E-state index is 13.5. The van der Waals surface area contributed by atoms with Gasteiger partial charge in [0.25, 0.3) is 0 Å². The molecule has 7 nitrogen and oxygen atoms in total. The molecule has 2 aliphatic rings. The molecule has 3 heterocycles. The van der Waals surface area contributed by atoms with E-state index < -0.39 is 0 Å². The Bertz CT molecular complexity index is 1040. The topological polar surface area (TPSA) is 58.5 Å². The summed E-state index contributed by atoms with van der Waals surface area (Å²) in [6.07, 6.45) is 2.54. The van der Waals surface area contributed by atoms with Crippen molar-refractivity contribution in [2.75, 3.05) is 49.6 Å². The first-order valence-electron chi connectivity index (χ1n) is 10.8. The molecule has 162 valence electrons. The number of nitrogens with one attached hydrogen (secondary N) is 1. The van der Waals surface area contributed by atoms with Crippen LogP contribution >= 0.6 is 0 Å². The van der Waals surface area contributed by atoms with Crippen LogP contribution in [0, 0.1) is 5.82 Å². The van der Waals surface area contributed by atoms with Crippen molar-refractivity contribution >= 4 is 17.3 Å². The third-order valence-corrected chi connectivity index (χ3v) is 6.02. The summed E-state index contributed by atoms with van der Waals surface area (Å²) in [6, 6.07) is 13.5. The number of aryl methyl sites for hydroxylation is 1. The smallest absolute Gasteiger partial charge is 0.246 e. The molecule has 31 heavy (non-hydrogen) atoms. The third kappa shape index (κ3) is 4.40. The van der Waals surface area contributed by atoms with E-state index in [2.05, 4.69) is 50.3 Å². The van der Waals surface area contributed by atoms with E-state index in [4.69, 9.17) is 4.74 Å². The van der Waals surface area contributed by atoms with E-state index in [1.807, 2.05) is 0 Å². The molecule has 5 rings (SSSR count). The van der Waals surface area contributed by atoms with Crippen molar-refractivity contribution in [3.05, 3.63) is 60.2 Å². The molecule has 2 aliphatic heterocycles. The van der Waals surface area contributed by atoms with Gasteiger partial charge in [-0.2, -0.15) is 4.98 Å². The minimum atomic E-state index is -0.298. The summed E-state index contributed by atoms with van der Waals surface area (Å²) in [6.45, 7) is 8.04. The van der Waals surface area contributed by atoms with Crippen LogP contribution in [0.2, 0.25) is 0 Å². The van der Waals surface area contributed by atoms with Gasteiger partial charge in [-0.15, -0.1) is 5.10 Å². The number of halogens is 1. The fraction of sp³-hybridized carbons (Fsp3) is 0.391. The van der Waals surface area contributed by atoms with Crippen LogP contribution in [0.3, 0.4) is 0 Å². The van der Waals surface area contributed by atoms with Crippen molar-refractivity contribution in [2.24, 2.45) is 0 Å². The highest BCUT2D eigenvalue weighted by atomic mass is 19.1. The zero-order chi connectivity index (χ0) is 21.2. The second-order valence-corrected chi connectivity index (χ2v) is 8.07. The standard InChI is InChI=1S/C23H27FN6O/c1-2-17-10-19(26-23-25-16-30(27-23)20-5-3-4-18(24)12-20)13-21(11-17)28-6-8-29(9-7-28)22-14-31-15-22/h3-5,10-13,16,22H,2,6-9,14-15H2,1H3,(H,26,27). The number of anilines is 3. The summed E-state index contributed by atoms with van der Waals surface area (Å²) < 4.78 is 20.4. The average molecular weight is 423 g/mol. The number of hydrogen-bond donors (Lipinski definition) is 1. The van der Waals surface area contributed by atoms with Gasteiger partial charge in [-0.3, -0.25) is 4.90 Å². The molecule has 0 atom stereocenters. The van der Waals surface area contributed by atoms with Crippen molar-refractivity contribution in [1.29, 1.82) is 0 Å². The lowest BCUT2D eigenvalue weighted by Gasteiger charge is -2.43. The number of aromatic nitrogens is 3. The van der Waals surface area contributed by atoms with Crippen LogP contribution in [0.4, 0.5) is 21.7 Å². The van der Waals surface area contributed by atoms with Gasteiger partial charge in [0.15, 0.2) is 0 Å². The number of piperazine rings is 1. The summed E-state index contributed by atoms with van der Waals surface area (Å²) in [5.41, 5.74) is 4.08. The highest BCUT2D eigenvalue weighted by Crippen LogP contribution is 2.26. The molecular weight excluding hydrogens is 395 g/mol. The van der Waals surface area contributed by atoms with Gasteiger partial charge in [0.05, 0.1) is 24.9 Å². The molecule has 2 fully saturated rings. The number of benzene rings is 2. The Labute approximate surface area is 181 Å². The monoisotopic (exact) mass is 422 g/mol. The Hall–Kier alpha value is -2.97. The Morgan fingerprint density at radius 3 is 2.61 bits per heavy atom. The van der Waals surface area contributed by atoms with Crippen molar-refractivity contribution in [1.82, 2.24) is 19.7 Å². The van der Waals surface area contributed by atoms with Gasteiger partial charge in [0, 0.05) is 37.6 Å². The number of hydrogen-bond acceptors (Lipinski definition) is 6. The van der Waals surface area contributed by atoms with Crippen LogP contribution in [0.25, 0.3) is 5.69 Å². The van der Waals surface area contributed by atoms with Crippen LogP contribution in [0.15, 0.2) is 48.8 Å². The molecule has 2 aromatic carbocycles. The average Bonchev–Trinajstić information content (AvgIpc) is 3.21. The SMILES string of the molecule is CCc1cc(Nc2ncn(-c3cccc(F)c3)n2)cc(N2CCN(C3COC3)CC2)c1. The highest BCUT2D eigenvalue weighted by molar-refractivity contribution is 5.64. The first-order chi connectivity index (χ1) is 15.2.